The first-order valence-corrected chi connectivity index (χ1v) is 10.3. The Kier molecular flexibility index (Phi) is 4.82. The van der Waals surface area contributed by atoms with Gasteiger partial charge < -0.3 is 9.80 Å². The summed E-state index contributed by atoms with van der Waals surface area (Å²) < 4.78 is 0. The summed E-state index contributed by atoms with van der Waals surface area (Å²) in [7, 11) is 0. The van der Waals surface area contributed by atoms with E-state index in [9.17, 15) is 9.59 Å². The van der Waals surface area contributed by atoms with Crippen LogP contribution in [0.1, 0.15) is 77.0 Å². The normalized spacial score (nSPS) is 29.2. The minimum absolute atomic E-state index is 0.0580. The number of piperidine rings is 1. The van der Waals surface area contributed by atoms with E-state index in [1.54, 1.807) is 0 Å². The highest BCUT2D eigenvalue weighted by molar-refractivity contribution is 5.84. The molecule has 0 aromatic carbocycles. The molecule has 24 heavy (non-hydrogen) atoms. The number of carbonyl (C=O) groups excluding carboxylic acids is 2. The number of hydrogen-bond acceptors (Lipinski definition) is 2. The average molecular weight is 332 g/mol. The van der Waals surface area contributed by atoms with Crippen LogP contribution in [0.2, 0.25) is 0 Å². The van der Waals surface area contributed by atoms with Crippen molar-refractivity contribution in [3.8, 4) is 0 Å². The van der Waals surface area contributed by atoms with E-state index in [0.717, 1.165) is 32.2 Å². The minimum atomic E-state index is 0.0580. The number of nitrogens with zero attached hydrogens (tertiary/aromatic N) is 2. The Morgan fingerprint density at radius 3 is 1.83 bits per heavy atom. The fourth-order valence-corrected chi connectivity index (χ4v) is 5.20. The van der Waals surface area contributed by atoms with E-state index >= 15 is 0 Å². The Bertz CT molecular complexity index is 460. The van der Waals surface area contributed by atoms with Crippen molar-refractivity contribution in [3.05, 3.63) is 0 Å². The molecule has 4 fully saturated rings. The molecule has 0 aromatic heterocycles. The van der Waals surface area contributed by atoms with Crippen molar-refractivity contribution in [2.75, 3.05) is 13.1 Å². The topological polar surface area (TPSA) is 40.6 Å². The Morgan fingerprint density at radius 2 is 1.29 bits per heavy atom. The highest BCUT2D eigenvalue weighted by atomic mass is 16.2. The molecule has 3 aliphatic carbocycles. The zero-order valence-electron chi connectivity index (χ0n) is 14.9. The van der Waals surface area contributed by atoms with Gasteiger partial charge in [-0.3, -0.25) is 9.59 Å². The van der Waals surface area contributed by atoms with Gasteiger partial charge in [-0.15, -0.1) is 0 Å². The van der Waals surface area contributed by atoms with Crippen LogP contribution < -0.4 is 0 Å². The van der Waals surface area contributed by atoms with Crippen molar-refractivity contribution in [2.24, 2.45) is 11.8 Å². The largest absolute Gasteiger partial charge is 0.342 e. The van der Waals surface area contributed by atoms with E-state index in [0.29, 0.717) is 30.4 Å². The maximum atomic E-state index is 13.4. The van der Waals surface area contributed by atoms with Gasteiger partial charge >= 0.3 is 0 Å². The minimum Gasteiger partial charge on any atom is -0.342 e. The molecule has 0 spiro atoms. The fraction of sp³-hybridized carbons (Fsp3) is 0.900. The van der Waals surface area contributed by atoms with Gasteiger partial charge in [0.05, 0.1) is 5.92 Å². The fourth-order valence-electron chi connectivity index (χ4n) is 5.20. The third-order valence-electron chi connectivity index (χ3n) is 6.70. The van der Waals surface area contributed by atoms with Gasteiger partial charge in [0, 0.05) is 31.1 Å². The molecule has 1 aliphatic heterocycles. The first kappa shape index (κ1) is 16.4. The molecule has 0 radical (unpaired) electrons. The first-order valence-electron chi connectivity index (χ1n) is 10.3. The van der Waals surface area contributed by atoms with Gasteiger partial charge in [-0.25, -0.2) is 0 Å². The molecule has 4 rings (SSSR count). The molecule has 3 saturated carbocycles. The summed E-state index contributed by atoms with van der Waals surface area (Å²) in [4.78, 5) is 30.1. The first-order chi connectivity index (χ1) is 11.7. The summed E-state index contributed by atoms with van der Waals surface area (Å²) in [5.41, 5.74) is 0. The summed E-state index contributed by atoms with van der Waals surface area (Å²) in [6.07, 6.45) is 14.0. The van der Waals surface area contributed by atoms with Crippen molar-refractivity contribution in [2.45, 2.75) is 89.1 Å². The van der Waals surface area contributed by atoms with Crippen molar-refractivity contribution >= 4 is 11.8 Å². The number of amides is 2. The lowest BCUT2D eigenvalue weighted by molar-refractivity contribution is -0.145. The maximum absolute atomic E-state index is 13.4. The van der Waals surface area contributed by atoms with Crippen LogP contribution in [0.4, 0.5) is 0 Å². The van der Waals surface area contributed by atoms with Crippen LogP contribution in [-0.2, 0) is 9.59 Å². The predicted molar refractivity (Wildman–Crippen MR) is 93.4 cm³/mol. The van der Waals surface area contributed by atoms with E-state index in [1.807, 2.05) is 4.90 Å². The van der Waals surface area contributed by atoms with E-state index < -0.39 is 0 Å². The van der Waals surface area contributed by atoms with Gasteiger partial charge in [0.15, 0.2) is 0 Å². The van der Waals surface area contributed by atoms with E-state index in [4.69, 9.17) is 0 Å². The quantitative estimate of drug-likeness (QED) is 0.792. The molecular weight excluding hydrogens is 300 g/mol. The third-order valence-corrected chi connectivity index (χ3v) is 6.70. The van der Waals surface area contributed by atoms with E-state index in [-0.39, 0.29) is 11.8 Å². The molecule has 4 aliphatic rings. The van der Waals surface area contributed by atoms with Crippen LogP contribution >= 0.6 is 0 Å². The highest BCUT2D eigenvalue weighted by Crippen LogP contribution is 2.35. The lowest BCUT2D eigenvalue weighted by Gasteiger charge is -2.40. The Balaban J connectivity index is 1.45. The van der Waals surface area contributed by atoms with Crippen LogP contribution in [-0.4, -0.2) is 46.8 Å². The summed E-state index contributed by atoms with van der Waals surface area (Å²) in [5, 5.41) is 0. The molecule has 134 valence electrons. The second-order valence-electron chi connectivity index (χ2n) is 8.52. The van der Waals surface area contributed by atoms with Crippen LogP contribution in [0.3, 0.4) is 0 Å². The zero-order chi connectivity index (χ0) is 16.5. The average Bonchev–Trinajstić information content (AvgIpc) is 3.08. The lowest BCUT2D eigenvalue weighted by atomic mass is 9.94. The number of carbonyl (C=O) groups is 2. The molecule has 1 saturated heterocycles. The molecule has 4 heteroatoms. The molecule has 4 nitrogen and oxygen atoms in total. The van der Waals surface area contributed by atoms with Gasteiger partial charge in [-0.2, -0.15) is 0 Å². The molecule has 1 atom stereocenters. The Hall–Kier alpha value is -1.06. The number of rotatable bonds is 4. The number of hydrogen-bond donors (Lipinski definition) is 0. The van der Waals surface area contributed by atoms with Gasteiger partial charge in [0.1, 0.15) is 0 Å². The highest BCUT2D eigenvalue weighted by Gasteiger charge is 2.41. The van der Waals surface area contributed by atoms with Crippen LogP contribution in [0.5, 0.6) is 0 Å². The van der Waals surface area contributed by atoms with Crippen molar-refractivity contribution in [1.82, 2.24) is 9.80 Å². The van der Waals surface area contributed by atoms with E-state index in [1.165, 1.54) is 51.4 Å². The number of likely N-dealkylation sites (tertiary alicyclic amines) is 1. The second-order valence-corrected chi connectivity index (χ2v) is 8.52. The van der Waals surface area contributed by atoms with Crippen molar-refractivity contribution in [1.29, 1.82) is 0 Å². The molecule has 0 N–H and O–H groups in total. The molecule has 0 aromatic rings. The monoisotopic (exact) mass is 332 g/mol. The molecule has 0 bridgehead atoms. The molecule has 2 amide bonds. The van der Waals surface area contributed by atoms with Gasteiger partial charge in [-0.1, -0.05) is 25.7 Å². The SMILES string of the molecule is O=C(C1CC1)N1CCC[C@@H](C(=O)N(C2CCCC2)C2CCCC2)C1. The van der Waals surface area contributed by atoms with Gasteiger partial charge in [0.2, 0.25) is 11.8 Å². The maximum Gasteiger partial charge on any atom is 0.227 e. The molecular formula is C20H32N2O2. The smallest absolute Gasteiger partial charge is 0.227 e. The second kappa shape index (κ2) is 7.05. The van der Waals surface area contributed by atoms with E-state index in [2.05, 4.69) is 4.90 Å². The van der Waals surface area contributed by atoms with Crippen LogP contribution in [0, 0.1) is 11.8 Å². The van der Waals surface area contributed by atoms with Crippen molar-refractivity contribution < 1.29 is 9.59 Å². The summed E-state index contributed by atoms with van der Waals surface area (Å²) >= 11 is 0. The molecule has 1 heterocycles. The lowest BCUT2D eigenvalue weighted by Crippen LogP contribution is -2.52. The Morgan fingerprint density at radius 1 is 0.708 bits per heavy atom. The molecule has 0 unspecified atom stereocenters. The summed E-state index contributed by atoms with van der Waals surface area (Å²) in [5.74, 6) is 1.03. The van der Waals surface area contributed by atoms with Crippen LogP contribution in [0.25, 0.3) is 0 Å². The standard InChI is InChI=1S/C20H32N2O2/c23-19(15-11-12-15)21-13-5-6-16(14-21)20(24)22(17-7-1-2-8-17)18-9-3-4-10-18/h15-18H,1-14H2/t16-/m1/s1. The van der Waals surface area contributed by atoms with Gasteiger partial charge in [-0.05, 0) is 51.4 Å². The summed E-state index contributed by atoms with van der Waals surface area (Å²) in [6, 6.07) is 0.963. The zero-order valence-corrected chi connectivity index (χ0v) is 14.9. The van der Waals surface area contributed by atoms with Crippen molar-refractivity contribution in [3.63, 3.8) is 0 Å². The van der Waals surface area contributed by atoms with Crippen LogP contribution in [0.15, 0.2) is 0 Å². The van der Waals surface area contributed by atoms with Gasteiger partial charge in [0.25, 0.3) is 0 Å². The predicted octanol–water partition coefficient (Wildman–Crippen LogP) is 3.35. The summed E-state index contributed by atoms with van der Waals surface area (Å²) in [6.45, 7) is 1.55. The third kappa shape index (κ3) is 3.34. The Labute approximate surface area is 145 Å².